The molecule has 1 aliphatic heterocycles. The number of aliphatic hydroxyl groups is 1. The van der Waals surface area contributed by atoms with Crippen LogP contribution in [0.3, 0.4) is 0 Å². The number of ether oxygens (including phenoxy) is 1. The first kappa shape index (κ1) is 21.0. The first-order valence-electron chi connectivity index (χ1n) is 10.7. The van der Waals surface area contributed by atoms with Gasteiger partial charge in [0.05, 0.1) is 18.0 Å². The van der Waals surface area contributed by atoms with Gasteiger partial charge in [-0.1, -0.05) is 6.07 Å². The summed E-state index contributed by atoms with van der Waals surface area (Å²) >= 11 is 0. The number of aromatic nitrogens is 2. The van der Waals surface area contributed by atoms with Crippen LogP contribution in [0.15, 0.2) is 30.5 Å². The zero-order valence-corrected chi connectivity index (χ0v) is 17.1. The molecule has 30 heavy (non-hydrogen) atoms. The largest absolute Gasteiger partial charge is 0.393 e. The molecule has 0 amide bonds. The van der Waals surface area contributed by atoms with E-state index in [4.69, 9.17) is 10.5 Å². The Morgan fingerprint density at radius 2 is 1.93 bits per heavy atom. The summed E-state index contributed by atoms with van der Waals surface area (Å²) in [4.78, 5) is 8.78. The van der Waals surface area contributed by atoms with E-state index in [1.807, 2.05) is 12.1 Å². The molecule has 1 saturated heterocycles. The van der Waals surface area contributed by atoms with Gasteiger partial charge in [0.1, 0.15) is 11.6 Å². The van der Waals surface area contributed by atoms with Crippen LogP contribution in [0.2, 0.25) is 0 Å². The van der Waals surface area contributed by atoms with E-state index in [1.165, 1.54) is 6.20 Å². The van der Waals surface area contributed by atoms with Crippen LogP contribution >= 0.6 is 0 Å². The molecule has 5 N–H and O–H groups in total. The van der Waals surface area contributed by atoms with E-state index in [1.54, 1.807) is 12.1 Å². The van der Waals surface area contributed by atoms with Crippen LogP contribution in [-0.4, -0.2) is 52.5 Å². The number of hydrogen-bond donors (Lipinski definition) is 4. The van der Waals surface area contributed by atoms with Crippen LogP contribution in [0.1, 0.15) is 38.5 Å². The molecule has 3 heterocycles. The van der Waals surface area contributed by atoms with E-state index in [2.05, 4.69) is 20.6 Å². The van der Waals surface area contributed by atoms with Gasteiger partial charge >= 0.3 is 0 Å². The smallest absolute Gasteiger partial charge is 0.151 e. The molecule has 8 heteroatoms. The van der Waals surface area contributed by atoms with Crippen LogP contribution in [-0.2, 0) is 4.74 Å². The summed E-state index contributed by atoms with van der Waals surface area (Å²) in [5.41, 5.74) is 7.06. The Hall–Kier alpha value is -2.29. The van der Waals surface area contributed by atoms with Gasteiger partial charge in [-0.05, 0) is 56.7 Å². The first-order valence-corrected chi connectivity index (χ1v) is 10.7. The van der Waals surface area contributed by atoms with Gasteiger partial charge in [0.25, 0.3) is 0 Å². The van der Waals surface area contributed by atoms with Crippen LogP contribution in [0.4, 0.5) is 16.0 Å². The van der Waals surface area contributed by atoms with Gasteiger partial charge in [0, 0.05) is 36.9 Å². The predicted octanol–water partition coefficient (Wildman–Crippen LogP) is 2.92. The standard InChI is InChI=1S/C22H30FN5O2/c23-18-13-25-21(27-15-4-6-16(29)7-5-15)12-17(18)19-2-1-3-20(28-19)26-14-22(24)8-10-30-11-9-22/h1-3,12-13,15-16,29H,4-11,14,24H2,(H,25,27)(H,26,28)/t15-,16-. The first-order chi connectivity index (χ1) is 14.5. The Balaban J connectivity index is 1.46. The van der Waals surface area contributed by atoms with Gasteiger partial charge in [-0.15, -0.1) is 0 Å². The van der Waals surface area contributed by atoms with E-state index >= 15 is 0 Å². The molecule has 4 rings (SSSR count). The Bertz CT molecular complexity index is 851. The number of nitrogens with two attached hydrogens (primary N) is 1. The van der Waals surface area contributed by atoms with Crippen LogP contribution in [0.5, 0.6) is 0 Å². The van der Waals surface area contributed by atoms with Crippen molar-refractivity contribution in [2.45, 2.75) is 56.2 Å². The van der Waals surface area contributed by atoms with Crippen molar-refractivity contribution in [2.24, 2.45) is 5.73 Å². The van der Waals surface area contributed by atoms with Crippen molar-refractivity contribution in [1.29, 1.82) is 0 Å². The van der Waals surface area contributed by atoms with Crippen molar-refractivity contribution < 1.29 is 14.2 Å². The molecular weight excluding hydrogens is 385 g/mol. The highest BCUT2D eigenvalue weighted by atomic mass is 19.1. The number of halogens is 1. The van der Waals surface area contributed by atoms with Crippen molar-refractivity contribution in [2.75, 3.05) is 30.4 Å². The molecule has 0 bridgehead atoms. The number of nitrogens with zero attached hydrogens (tertiary/aromatic N) is 2. The molecule has 2 aromatic heterocycles. The molecule has 0 spiro atoms. The Morgan fingerprint density at radius 3 is 2.70 bits per heavy atom. The second-order valence-corrected chi connectivity index (χ2v) is 8.44. The topological polar surface area (TPSA) is 105 Å². The fourth-order valence-electron chi connectivity index (χ4n) is 4.05. The molecule has 0 atom stereocenters. The van der Waals surface area contributed by atoms with E-state index in [0.29, 0.717) is 42.7 Å². The summed E-state index contributed by atoms with van der Waals surface area (Å²) in [5.74, 6) is 0.871. The number of rotatable bonds is 6. The normalized spacial score (nSPS) is 23.7. The van der Waals surface area contributed by atoms with E-state index < -0.39 is 5.82 Å². The lowest BCUT2D eigenvalue weighted by molar-refractivity contribution is 0.0574. The van der Waals surface area contributed by atoms with Crippen LogP contribution in [0.25, 0.3) is 11.3 Å². The maximum Gasteiger partial charge on any atom is 0.151 e. The molecule has 0 aromatic carbocycles. The third kappa shape index (κ3) is 5.24. The highest BCUT2D eigenvalue weighted by Gasteiger charge is 2.27. The Kier molecular flexibility index (Phi) is 6.46. The molecule has 1 saturated carbocycles. The summed E-state index contributed by atoms with van der Waals surface area (Å²) in [6.07, 6.45) is 5.91. The molecule has 7 nitrogen and oxygen atoms in total. The van der Waals surface area contributed by atoms with E-state index in [-0.39, 0.29) is 17.7 Å². The minimum atomic E-state index is -0.413. The van der Waals surface area contributed by atoms with Gasteiger partial charge in [-0.25, -0.2) is 14.4 Å². The average Bonchev–Trinajstić information content (AvgIpc) is 2.76. The molecule has 0 unspecified atom stereocenters. The molecular formula is C22H30FN5O2. The number of pyridine rings is 2. The zero-order valence-electron chi connectivity index (χ0n) is 17.1. The van der Waals surface area contributed by atoms with Gasteiger partial charge < -0.3 is 26.2 Å². The molecule has 162 valence electrons. The van der Waals surface area contributed by atoms with Gasteiger partial charge in [0.15, 0.2) is 5.82 Å². The minimum absolute atomic E-state index is 0.215. The number of aliphatic hydroxyl groups excluding tert-OH is 1. The lowest BCUT2D eigenvalue weighted by Crippen LogP contribution is -2.50. The monoisotopic (exact) mass is 415 g/mol. The average molecular weight is 416 g/mol. The Morgan fingerprint density at radius 1 is 1.17 bits per heavy atom. The highest BCUT2D eigenvalue weighted by Crippen LogP contribution is 2.27. The summed E-state index contributed by atoms with van der Waals surface area (Å²) in [5, 5.41) is 16.3. The Labute approximate surface area is 176 Å². The minimum Gasteiger partial charge on any atom is -0.393 e. The predicted molar refractivity (Wildman–Crippen MR) is 115 cm³/mol. The van der Waals surface area contributed by atoms with Crippen molar-refractivity contribution >= 4 is 11.6 Å². The fourth-order valence-corrected chi connectivity index (χ4v) is 4.05. The number of anilines is 2. The zero-order chi connectivity index (χ0) is 21.0. The highest BCUT2D eigenvalue weighted by molar-refractivity contribution is 5.65. The summed E-state index contributed by atoms with van der Waals surface area (Å²) < 4.78 is 19.9. The van der Waals surface area contributed by atoms with Gasteiger partial charge in [0.2, 0.25) is 0 Å². The van der Waals surface area contributed by atoms with E-state index in [9.17, 15) is 9.50 Å². The van der Waals surface area contributed by atoms with Gasteiger partial charge in [-0.2, -0.15) is 0 Å². The van der Waals surface area contributed by atoms with Gasteiger partial charge in [-0.3, -0.25) is 0 Å². The quantitative estimate of drug-likeness (QED) is 0.575. The fraction of sp³-hybridized carbons (Fsp3) is 0.545. The van der Waals surface area contributed by atoms with Crippen LogP contribution < -0.4 is 16.4 Å². The summed E-state index contributed by atoms with van der Waals surface area (Å²) in [6, 6.07) is 7.44. The SMILES string of the molecule is NC1(CNc2cccc(-c3cc(N[C@H]4CC[C@H](O)CC4)ncc3F)n2)CCOCC1. The molecule has 2 aliphatic rings. The number of hydrogen-bond acceptors (Lipinski definition) is 7. The third-order valence-corrected chi connectivity index (χ3v) is 6.04. The second kappa shape index (κ2) is 9.24. The maximum atomic E-state index is 14.5. The molecule has 0 radical (unpaired) electrons. The lowest BCUT2D eigenvalue weighted by atomic mass is 9.91. The third-order valence-electron chi connectivity index (χ3n) is 6.04. The van der Waals surface area contributed by atoms with Crippen molar-refractivity contribution in [1.82, 2.24) is 9.97 Å². The van der Waals surface area contributed by atoms with E-state index in [0.717, 1.165) is 38.5 Å². The summed E-state index contributed by atoms with van der Waals surface area (Å²) in [6.45, 7) is 1.93. The molecule has 2 fully saturated rings. The maximum absolute atomic E-state index is 14.5. The number of nitrogens with one attached hydrogen (secondary N) is 2. The van der Waals surface area contributed by atoms with Crippen molar-refractivity contribution in [3.63, 3.8) is 0 Å². The van der Waals surface area contributed by atoms with Crippen molar-refractivity contribution in [3.05, 3.63) is 36.3 Å². The molecule has 1 aliphatic carbocycles. The van der Waals surface area contributed by atoms with Crippen molar-refractivity contribution in [3.8, 4) is 11.3 Å². The lowest BCUT2D eigenvalue weighted by Gasteiger charge is -2.33. The second-order valence-electron chi connectivity index (χ2n) is 8.44. The summed E-state index contributed by atoms with van der Waals surface area (Å²) in [7, 11) is 0. The van der Waals surface area contributed by atoms with Crippen LogP contribution in [0, 0.1) is 5.82 Å². The molecule has 2 aromatic rings.